The van der Waals surface area contributed by atoms with E-state index < -0.39 is 6.61 Å². The number of hydrogen-bond donors (Lipinski definition) is 2. The molecular weight excluding hydrogens is 268 g/mol. The fourth-order valence-electron chi connectivity index (χ4n) is 1.78. The van der Waals surface area contributed by atoms with Crippen molar-refractivity contribution >= 4 is 0 Å². The van der Waals surface area contributed by atoms with Crippen molar-refractivity contribution in [1.29, 1.82) is 0 Å². The maximum Gasteiger partial charge on any atom is 0.387 e. The van der Waals surface area contributed by atoms with Gasteiger partial charge in [-0.1, -0.05) is 6.07 Å². The Kier molecular flexibility index (Phi) is 6.63. The molecule has 0 radical (unpaired) electrons. The van der Waals surface area contributed by atoms with E-state index in [0.29, 0.717) is 13.2 Å². The number of halogens is 2. The number of benzene rings is 1. The largest absolute Gasteiger partial charge is 0.490 e. The third-order valence-corrected chi connectivity index (χ3v) is 2.54. The first-order valence-electron chi connectivity index (χ1n) is 6.33. The number of nitrogens with one attached hydrogen (secondary N) is 1. The van der Waals surface area contributed by atoms with Crippen LogP contribution in [-0.2, 0) is 0 Å². The molecule has 0 spiro atoms. The summed E-state index contributed by atoms with van der Waals surface area (Å²) in [5.74, 6) is 0.301. The van der Waals surface area contributed by atoms with Gasteiger partial charge in [0, 0.05) is 20.6 Å². The van der Waals surface area contributed by atoms with E-state index in [1.54, 1.807) is 24.1 Å². The number of nitrogens with two attached hydrogens (primary N) is 1. The van der Waals surface area contributed by atoms with Gasteiger partial charge in [0.2, 0.25) is 0 Å². The average molecular weight is 289 g/mol. The smallest absolute Gasteiger partial charge is 0.387 e. The Morgan fingerprint density at radius 2 is 2.00 bits per heavy atom. The third-order valence-electron chi connectivity index (χ3n) is 2.54. The van der Waals surface area contributed by atoms with Crippen molar-refractivity contribution in [3.8, 4) is 11.5 Å². The molecular formula is C13H21F2N3O2. The number of nitrogens with zero attached hydrogens (tertiary/aromatic N) is 1. The molecule has 0 aliphatic rings. The monoisotopic (exact) mass is 289 g/mol. The maximum atomic E-state index is 12.3. The van der Waals surface area contributed by atoms with Gasteiger partial charge >= 0.3 is 6.61 Å². The SMILES string of the molecule is CCOc1cc(C(CN)NN(C)C)ccc1OC(F)F. The van der Waals surface area contributed by atoms with Crippen LogP contribution in [0.3, 0.4) is 0 Å². The summed E-state index contributed by atoms with van der Waals surface area (Å²) in [6.07, 6.45) is 0. The summed E-state index contributed by atoms with van der Waals surface area (Å²) in [7, 11) is 3.70. The zero-order valence-corrected chi connectivity index (χ0v) is 11.9. The molecule has 0 saturated carbocycles. The summed E-state index contributed by atoms with van der Waals surface area (Å²) in [4.78, 5) is 0. The molecule has 20 heavy (non-hydrogen) atoms. The van der Waals surface area contributed by atoms with Gasteiger partial charge < -0.3 is 15.2 Å². The molecule has 7 heteroatoms. The molecule has 1 aromatic carbocycles. The zero-order valence-electron chi connectivity index (χ0n) is 11.9. The molecule has 0 fully saturated rings. The summed E-state index contributed by atoms with van der Waals surface area (Å²) < 4.78 is 34.4. The number of ether oxygens (including phenoxy) is 2. The summed E-state index contributed by atoms with van der Waals surface area (Å²) in [6.45, 7) is -0.390. The minimum Gasteiger partial charge on any atom is -0.490 e. The molecule has 1 aromatic rings. The van der Waals surface area contributed by atoms with Crippen LogP contribution >= 0.6 is 0 Å². The fraction of sp³-hybridized carbons (Fsp3) is 0.538. The van der Waals surface area contributed by atoms with E-state index in [1.165, 1.54) is 6.07 Å². The third kappa shape index (κ3) is 4.92. The molecule has 0 aromatic heterocycles. The summed E-state index contributed by atoms with van der Waals surface area (Å²) in [6, 6.07) is 4.68. The predicted octanol–water partition coefficient (Wildman–Crippen LogP) is 1.75. The normalized spacial score (nSPS) is 12.8. The lowest BCUT2D eigenvalue weighted by Gasteiger charge is -2.23. The van der Waals surface area contributed by atoms with Crippen LogP contribution in [0.4, 0.5) is 8.78 Å². The zero-order chi connectivity index (χ0) is 15.1. The quantitative estimate of drug-likeness (QED) is 0.714. The van der Waals surface area contributed by atoms with E-state index in [4.69, 9.17) is 10.5 Å². The molecule has 5 nitrogen and oxygen atoms in total. The topological polar surface area (TPSA) is 59.8 Å². The fourth-order valence-corrected chi connectivity index (χ4v) is 1.78. The van der Waals surface area contributed by atoms with E-state index in [9.17, 15) is 8.78 Å². The number of hydrazine groups is 1. The van der Waals surface area contributed by atoms with E-state index >= 15 is 0 Å². The van der Waals surface area contributed by atoms with Crippen molar-refractivity contribution in [2.24, 2.45) is 5.73 Å². The second kappa shape index (κ2) is 7.98. The first-order valence-corrected chi connectivity index (χ1v) is 6.33. The molecule has 1 atom stereocenters. The van der Waals surface area contributed by atoms with Crippen molar-refractivity contribution in [3.05, 3.63) is 23.8 Å². The van der Waals surface area contributed by atoms with Crippen molar-refractivity contribution in [2.75, 3.05) is 27.2 Å². The van der Waals surface area contributed by atoms with Crippen molar-refractivity contribution in [3.63, 3.8) is 0 Å². The highest BCUT2D eigenvalue weighted by molar-refractivity contribution is 5.44. The van der Waals surface area contributed by atoms with Gasteiger partial charge in [-0.05, 0) is 24.6 Å². The predicted molar refractivity (Wildman–Crippen MR) is 72.9 cm³/mol. The van der Waals surface area contributed by atoms with Gasteiger partial charge in [-0.15, -0.1) is 0 Å². The Morgan fingerprint density at radius 1 is 1.30 bits per heavy atom. The number of hydrogen-bond acceptors (Lipinski definition) is 5. The van der Waals surface area contributed by atoms with Gasteiger partial charge in [0.05, 0.1) is 12.6 Å². The van der Waals surface area contributed by atoms with Crippen LogP contribution < -0.4 is 20.6 Å². The molecule has 0 bridgehead atoms. The minimum atomic E-state index is -2.88. The Balaban J connectivity index is 3.01. The van der Waals surface area contributed by atoms with Crippen LogP contribution in [0.25, 0.3) is 0 Å². The van der Waals surface area contributed by atoms with Crippen LogP contribution in [0.15, 0.2) is 18.2 Å². The summed E-state index contributed by atoms with van der Waals surface area (Å²) >= 11 is 0. The summed E-state index contributed by atoms with van der Waals surface area (Å²) in [5, 5.41) is 1.78. The van der Waals surface area contributed by atoms with Crippen LogP contribution in [0, 0.1) is 0 Å². The highest BCUT2D eigenvalue weighted by Gasteiger charge is 2.16. The Bertz CT molecular complexity index is 417. The van der Waals surface area contributed by atoms with Crippen molar-refractivity contribution in [1.82, 2.24) is 10.4 Å². The van der Waals surface area contributed by atoms with Crippen molar-refractivity contribution < 1.29 is 18.3 Å². The standard InChI is InChI=1S/C13H21F2N3O2/c1-4-19-12-7-9(10(8-16)17-18(2)3)5-6-11(12)20-13(14)15/h5-7,10,13,17H,4,8,16H2,1-3H3. The molecule has 0 aliphatic heterocycles. The number of alkyl halides is 2. The first kappa shape index (κ1) is 16.6. The van der Waals surface area contributed by atoms with Gasteiger partial charge in [0.1, 0.15) is 0 Å². The molecule has 114 valence electrons. The Morgan fingerprint density at radius 3 is 2.50 bits per heavy atom. The van der Waals surface area contributed by atoms with Crippen LogP contribution in [0.5, 0.6) is 11.5 Å². The van der Waals surface area contributed by atoms with Gasteiger partial charge in [-0.25, -0.2) is 10.4 Å². The molecule has 0 heterocycles. The second-order valence-electron chi connectivity index (χ2n) is 4.33. The average Bonchev–Trinajstić information content (AvgIpc) is 2.37. The van der Waals surface area contributed by atoms with Crippen LogP contribution in [0.2, 0.25) is 0 Å². The first-order chi connectivity index (χ1) is 9.47. The maximum absolute atomic E-state index is 12.3. The minimum absolute atomic E-state index is 0.0197. The lowest BCUT2D eigenvalue weighted by atomic mass is 10.1. The molecule has 1 rings (SSSR count). The van der Waals surface area contributed by atoms with E-state index in [2.05, 4.69) is 10.2 Å². The molecule has 0 amide bonds. The molecule has 3 N–H and O–H groups in total. The highest BCUT2D eigenvalue weighted by atomic mass is 19.3. The van der Waals surface area contributed by atoms with Gasteiger partial charge in [-0.3, -0.25) is 0 Å². The molecule has 1 unspecified atom stereocenters. The summed E-state index contributed by atoms with van der Waals surface area (Å²) in [5.41, 5.74) is 9.69. The van der Waals surface area contributed by atoms with Gasteiger partial charge in [0.25, 0.3) is 0 Å². The van der Waals surface area contributed by atoms with Crippen molar-refractivity contribution in [2.45, 2.75) is 19.6 Å². The van der Waals surface area contributed by atoms with E-state index in [1.807, 2.05) is 14.1 Å². The van der Waals surface area contributed by atoms with Crippen LogP contribution in [0.1, 0.15) is 18.5 Å². The lowest BCUT2D eigenvalue weighted by Crippen LogP contribution is -2.38. The Hall–Kier alpha value is -1.44. The van der Waals surface area contributed by atoms with Gasteiger partial charge in [-0.2, -0.15) is 8.78 Å². The highest BCUT2D eigenvalue weighted by Crippen LogP contribution is 2.31. The number of rotatable bonds is 8. The van der Waals surface area contributed by atoms with Crippen LogP contribution in [-0.4, -0.2) is 38.9 Å². The molecule has 0 saturated heterocycles. The van der Waals surface area contributed by atoms with E-state index in [0.717, 1.165) is 5.56 Å². The van der Waals surface area contributed by atoms with Gasteiger partial charge in [0.15, 0.2) is 11.5 Å². The Labute approximate surface area is 117 Å². The lowest BCUT2D eigenvalue weighted by molar-refractivity contribution is -0.0514. The van der Waals surface area contributed by atoms with E-state index in [-0.39, 0.29) is 17.5 Å². The molecule has 0 aliphatic carbocycles. The second-order valence-corrected chi connectivity index (χ2v) is 4.33.